The number of ether oxygens (including phenoxy) is 1. The van der Waals surface area contributed by atoms with Crippen LogP contribution in [0.25, 0.3) is 0 Å². The molecule has 1 heterocycles. The van der Waals surface area contributed by atoms with Crippen molar-refractivity contribution in [2.45, 2.75) is 45.4 Å². The second kappa shape index (κ2) is 6.40. The third-order valence-electron chi connectivity index (χ3n) is 4.85. The standard InChI is InChI=1S/C17H25NO2/c1-3-17(4-2,12-18)16(19)11-13-9-10-20-15-8-6-5-7-14(13)15/h5-8,13H,3-4,9-12,18H2,1-2H3. The lowest BCUT2D eigenvalue weighted by atomic mass is 9.74. The lowest BCUT2D eigenvalue weighted by Gasteiger charge is -2.32. The minimum atomic E-state index is -0.340. The van der Waals surface area contributed by atoms with Gasteiger partial charge in [-0.2, -0.15) is 0 Å². The summed E-state index contributed by atoms with van der Waals surface area (Å²) in [6.45, 7) is 5.27. The molecule has 1 aliphatic rings. The highest BCUT2D eigenvalue weighted by Crippen LogP contribution is 2.38. The summed E-state index contributed by atoms with van der Waals surface area (Å²) < 4.78 is 5.66. The van der Waals surface area contributed by atoms with E-state index in [1.807, 2.05) is 18.2 Å². The molecule has 0 saturated heterocycles. The maximum Gasteiger partial charge on any atom is 0.140 e. The fourth-order valence-corrected chi connectivity index (χ4v) is 3.12. The number of benzene rings is 1. The molecule has 1 atom stereocenters. The van der Waals surface area contributed by atoms with Crippen molar-refractivity contribution in [3.63, 3.8) is 0 Å². The predicted octanol–water partition coefficient (Wildman–Crippen LogP) is 3.28. The van der Waals surface area contributed by atoms with Crippen LogP contribution in [0, 0.1) is 5.41 Å². The summed E-state index contributed by atoms with van der Waals surface area (Å²) in [4.78, 5) is 12.7. The molecule has 0 aliphatic carbocycles. The Kier molecular flexibility index (Phi) is 4.81. The Morgan fingerprint density at radius 2 is 2.05 bits per heavy atom. The summed E-state index contributed by atoms with van der Waals surface area (Å²) in [5, 5.41) is 0. The van der Waals surface area contributed by atoms with E-state index in [0.29, 0.717) is 25.4 Å². The van der Waals surface area contributed by atoms with Crippen LogP contribution in [0.5, 0.6) is 5.75 Å². The van der Waals surface area contributed by atoms with Crippen LogP contribution in [0.15, 0.2) is 24.3 Å². The van der Waals surface area contributed by atoms with E-state index < -0.39 is 0 Å². The number of ketones is 1. The maximum atomic E-state index is 12.7. The van der Waals surface area contributed by atoms with Crippen LogP contribution in [0.2, 0.25) is 0 Å². The molecule has 0 spiro atoms. The highest BCUT2D eigenvalue weighted by molar-refractivity contribution is 5.85. The molecule has 0 bridgehead atoms. The number of hydrogen-bond acceptors (Lipinski definition) is 3. The quantitative estimate of drug-likeness (QED) is 0.867. The Morgan fingerprint density at radius 1 is 1.35 bits per heavy atom. The van der Waals surface area contributed by atoms with Crippen molar-refractivity contribution in [1.29, 1.82) is 0 Å². The third kappa shape index (κ3) is 2.73. The van der Waals surface area contributed by atoms with Gasteiger partial charge in [-0.25, -0.2) is 0 Å². The van der Waals surface area contributed by atoms with Crippen LogP contribution in [0.3, 0.4) is 0 Å². The summed E-state index contributed by atoms with van der Waals surface area (Å²) in [6.07, 6.45) is 3.14. The molecule has 110 valence electrons. The predicted molar refractivity (Wildman–Crippen MR) is 81.0 cm³/mol. The van der Waals surface area contributed by atoms with Gasteiger partial charge in [0.25, 0.3) is 0 Å². The monoisotopic (exact) mass is 275 g/mol. The van der Waals surface area contributed by atoms with Crippen molar-refractivity contribution in [3.05, 3.63) is 29.8 Å². The zero-order valence-corrected chi connectivity index (χ0v) is 12.5. The molecule has 1 unspecified atom stereocenters. The van der Waals surface area contributed by atoms with Crippen molar-refractivity contribution in [2.24, 2.45) is 11.1 Å². The Bertz CT molecular complexity index is 458. The first-order valence-electron chi connectivity index (χ1n) is 7.62. The fourth-order valence-electron chi connectivity index (χ4n) is 3.12. The highest BCUT2D eigenvalue weighted by Gasteiger charge is 2.35. The lowest BCUT2D eigenvalue weighted by molar-refractivity contribution is -0.129. The minimum Gasteiger partial charge on any atom is -0.493 e. The van der Waals surface area contributed by atoms with Crippen molar-refractivity contribution in [1.82, 2.24) is 0 Å². The topological polar surface area (TPSA) is 52.3 Å². The van der Waals surface area contributed by atoms with Crippen molar-refractivity contribution >= 4 is 5.78 Å². The van der Waals surface area contributed by atoms with Gasteiger partial charge in [0.15, 0.2) is 0 Å². The summed E-state index contributed by atoms with van der Waals surface area (Å²) in [5.41, 5.74) is 6.72. The number of carbonyl (C=O) groups is 1. The van der Waals surface area contributed by atoms with E-state index in [2.05, 4.69) is 19.9 Å². The van der Waals surface area contributed by atoms with Crippen LogP contribution >= 0.6 is 0 Å². The molecular formula is C17H25NO2. The molecule has 0 amide bonds. The average Bonchev–Trinajstić information content (AvgIpc) is 2.50. The molecule has 3 heteroatoms. The normalized spacial score (nSPS) is 18.2. The number of fused-ring (bicyclic) bond motifs is 1. The molecule has 1 aromatic carbocycles. The van der Waals surface area contributed by atoms with Crippen LogP contribution in [-0.4, -0.2) is 18.9 Å². The molecule has 0 saturated carbocycles. The Balaban J connectivity index is 2.17. The van der Waals surface area contributed by atoms with Gasteiger partial charge in [-0.05, 0) is 36.8 Å². The van der Waals surface area contributed by atoms with Crippen LogP contribution in [-0.2, 0) is 4.79 Å². The summed E-state index contributed by atoms with van der Waals surface area (Å²) >= 11 is 0. The number of hydrogen-bond donors (Lipinski definition) is 1. The zero-order valence-electron chi connectivity index (χ0n) is 12.5. The zero-order chi connectivity index (χ0) is 14.6. The van der Waals surface area contributed by atoms with Gasteiger partial charge in [0, 0.05) is 18.4 Å². The first kappa shape index (κ1) is 15.0. The number of nitrogens with two attached hydrogens (primary N) is 1. The molecule has 1 aliphatic heterocycles. The summed E-state index contributed by atoms with van der Waals surface area (Å²) in [7, 11) is 0. The number of para-hydroxylation sites is 1. The summed E-state index contributed by atoms with van der Waals surface area (Å²) in [6, 6.07) is 8.06. The van der Waals surface area contributed by atoms with Gasteiger partial charge in [-0.3, -0.25) is 4.79 Å². The third-order valence-corrected chi connectivity index (χ3v) is 4.85. The van der Waals surface area contributed by atoms with Gasteiger partial charge in [-0.15, -0.1) is 0 Å². The molecule has 0 radical (unpaired) electrons. The molecule has 0 fully saturated rings. The van der Waals surface area contributed by atoms with Crippen LogP contribution < -0.4 is 10.5 Å². The fraction of sp³-hybridized carbons (Fsp3) is 0.588. The minimum absolute atomic E-state index is 0.275. The molecule has 0 aromatic heterocycles. The highest BCUT2D eigenvalue weighted by atomic mass is 16.5. The molecule has 2 N–H and O–H groups in total. The number of rotatable bonds is 6. The molecular weight excluding hydrogens is 250 g/mol. The van der Waals surface area contributed by atoms with Crippen molar-refractivity contribution < 1.29 is 9.53 Å². The van der Waals surface area contributed by atoms with Gasteiger partial charge < -0.3 is 10.5 Å². The van der Waals surface area contributed by atoms with E-state index in [-0.39, 0.29) is 11.3 Å². The smallest absolute Gasteiger partial charge is 0.140 e. The van der Waals surface area contributed by atoms with Gasteiger partial charge >= 0.3 is 0 Å². The van der Waals surface area contributed by atoms with E-state index >= 15 is 0 Å². The summed E-state index contributed by atoms with van der Waals surface area (Å²) in [5.74, 6) is 1.52. The first-order valence-corrected chi connectivity index (χ1v) is 7.62. The van der Waals surface area contributed by atoms with E-state index in [1.165, 1.54) is 5.56 Å². The van der Waals surface area contributed by atoms with Crippen molar-refractivity contribution in [3.8, 4) is 5.75 Å². The van der Waals surface area contributed by atoms with E-state index in [9.17, 15) is 4.79 Å². The molecule has 1 aromatic rings. The number of carbonyl (C=O) groups excluding carboxylic acids is 1. The van der Waals surface area contributed by atoms with E-state index in [4.69, 9.17) is 10.5 Å². The van der Waals surface area contributed by atoms with Crippen LogP contribution in [0.1, 0.15) is 51.0 Å². The SMILES string of the molecule is CCC(CC)(CN)C(=O)CC1CCOc2ccccc21. The van der Waals surface area contributed by atoms with Gasteiger partial charge in [0.1, 0.15) is 11.5 Å². The van der Waals surface area contributed by atoms with E-state index in [1.54, 1.807) is 0 Å². The first-order chi connectivity index (χ1) is 9.66. The Morgan fingerprint density at radius 3 is 2.70 bits per heavy atom. The van der Waals surface area contributed by atoms with Gasteiger partial charge in [0.2, 0.25) is 0 Å². The molecule has 2 rings (SSSR count). The number of Topliss-reactive ketones (excluding diaryl/α,β-unsaturated/α-hetero) is 1. The van der Waals surface area contributed by atoms with Crippen LogP contribution in [0.4, 0.5) is 0 Å². The van der Waals surface area contributed by atoms with E-state index in [0.717, 1.165) is 25.0 Å². The van der Waals surface area contributed by atoms with Gasteiger partial charge in [0.05, 0.1) is 6.61 Å². The second-order valence-electron chi connectivity index (χ2n) is 5.69. The lowest BCUT2D eigenvalue weighted by Crippen LogP contribution is -2.38. The van der Waals surface area contributed by atoms with Gasteiger partial charge in [-0.1, -0.05) is 32.0 Å². The van der Waals surface area contributed by atoms with Crippen molar-refractivity contribution in [2.75, 3.05) is 13.2 Å². The molecule has 3 nitrogen and oxygen atoms in total. The Hall–Kier alpha value is -1.35. The second-order valence-corrected chi connectivity index (χ2v) is 5.69. The maximum absolute atomic E-state index is 12.7. The average molecular weight is 275 g/mol. The largest absolute Gasteiger partial charge is 0.493 e. The molecule has 20 heavy (non-hydrogen) atoms. The Labute approximate surface area is 121 Å².